The Morgan fingerprint density at radius 3 is 2.63 bits per heavy atom. The number of hydrogen-bond acceptors (Lipinski definition) is 4. The van der Waals surface area contributed by atoms with Crippen molar-refractivity contribution < 1.29 is 13.2 Å². The van der Waals surface area contributed by atoms with Gasteiger partial charge in [-0.05, 0) is 31.7 Å². The van der Waals surface area contributed by atoms with Crippen LogP contribution in [0.2, 0.25) is 0 Å². The smallest absolute Gasteiger partial charge is 0.233 e. The van der Waals surface area contributed by atoms with Gasteiger partial charge in [-0.3, -0.25) is 4.79 Å². The summed E-state index contributed by atoms with van der Waals surface area (Å²) in [6.07, 6.45) is 0.547. The molecular weight excluding hydrogens is 282 g/mol. The Bertz CT molecular complexity index is 561. The highest BCUT2D eigenvalue weighted by molar-refractivity contribution is 7.91. The molecule has 0 radical (unpaired) electrons. The third-order valence-electron chi connectivity index (χ3n) is 3.75. The van der Waals surface area contributed by atoms with E-state index in [1.165, 1.54) is 0 Å². The van der Waals surface area contributed by atoms with Crippen LogP contribution in [0, 0.1) is 0 Å². The van der Waals surface area contributed by atoms with Crippen LogP contribution >= 0.6 is 11.3 Å². The molecule has 6 heteroatoms. The predicted molar refractivity (Wildman–Crippen MR) is 77.2 cm³/mol. The van der Waals surface area contributed by atoms with Gasteiger partial charge in [0.15, 0.2) is 9.84 Å². The summed E-state index contributed by atoms with van der Waals surface area (Å²) in [6.45, 7) is 3.78. The standard InChI is InChI=1S/C13H19NO3S2/c1-13(2,11-5-4-7-18-11)12(15)14(3)10-6-8-19(16,17)9-10/h4-5,7,10H,6,8-9H2,1-3H3. The monoisotopic (exact) mass is 301 g/mol. The number of amides is 1. The van der Waals surface area contributed by atoms with E-state index >= 15 is 0 Å². The van der Waals surface area contributed by atoms with Gasteiger partial charge in [0.25, 0.3) is 0 Å². The van der Waals surface area contributed by atoms with Gasteiger partial charge in [0.05, 0.1) is 16.9 Å². The molecule has 1 aromatic heterocycles. The number of rotatable bonds is 3. The fourth-order valence-electron chi connectivity index (χ4n) is 2.43. The molecule has 2 rings (SSSR count). The van der Waals surface area contributed by atoms with Gasteiger partial charge in [-0.1, -0.05) is 6.07 Å². The minimum absolute atomic E-state index is 0.0166. The summed E-state index contributed by atoms with van der Waals surface area (Å²) in [4.78, 5) is 15.2. The number of nitrogens with zero attached hydrogens (tertiary/aromatic N) is 1. The average Bonchev–Trinajstić information content (AvgIpc) is 2.96. The third kappa shape index (κ3) is 2.84. The molecule has 1 aliphatic heterocycles. The van der Waals surface area contributed by atoms with E-state index in [-0.39, 0.29) is 23.5 Å². The minimum Gasteiger partial charge on any atom is -0.341 e. The zero-order valence-electron chi connectivity index (χ0n) is 11.4. The van der Waals surface area contributed by atoms with Gasteiger partial charge < -0.3 is 4.90 Å². The minimum atomic E-state index is -2.96. The van der Waals surface area contributed by atoms with E-state index in [1.807, 2.05) is 31.4 Å². The van der Waals surface area contributed by atoms with Gasteiger partial charge in [-0.2, -0.15) is 0 Å². The van der Waals surface area contributed by atoms with Crippen LogP contribution in [0.1, 0.15) is 25.1 Å². The van der Waals surface area contributed by atoms with Crippen molar-refractivity contribution >= 4 is 27.1 Å². The van der Waals surface area contributed by atoms with Crippen LogP contribution in [0.4, 0.5) is 0 Å². The van der Waals surface area contributed by atoms with Crippen LogP contribution in [0.25, 0.3) is 0 Å². The molecule has 1 aliphatic rings. The molecule has 0 spiro atoms. The van der Waals surface area contributed by atoms with E-state index in [1.54, 1.807) is 23.3 Å². The molecular formula is C13H19NO3S2. The Labute approximate surface area is 118 Å². The van der Waals surface area contributed by atoms with Gasteiger partial charge in [-0.25, -0.2) is 8.42 Å². The predicted octanol–water partition coefficient (Wildman–Crippen LogP) is 1.67. The van der Waals surface area contributed by atoms with E-state index in [2.05, 4.69) is 0 Å². The summed E-state index contributed by atoms with van der Waals surface area (Å²) in [5, 5.41) is 1.95. The molecule has 0 saturated carbocycles. The largest absolute Gasteiger partial charge is 0.341 e. The summed E-state index contributed by atoms with van der Waals surface area (Å²) >= 11 is 1.55. The fourth-order valence-corrected chi connectivity index (χ4v) is 5.04. The summed E-state index contributed by atoms with van der Waals surface area (Å²) < 4.78 is 23.0. The van der Waals surface area contributed by atoms with Crippen LogP contribution in [-0.4, -0.2) is 43.8 Å². The highest BCUT2D eigenvalue weighted by Crippen LogP contribution is 2.31. The first-order chi connectivity index (χ1) is 8.74. The van der Waals surface area contributed by atoms with Crippen molar-refractivity contribution in [3.8, 4) is 0 Å². The van der Waals surface area contributed by atoms with Crippen LogP contribution < -0.4 is 0 Å². The Hall–Kier alpha value is -0.880. The fraction of sp³-hybridized carbons (Fsp3) is 0.615. The van der Waals surface area contributed by atoms with Crippen molar-refractivity contribution in [3.05, 3.63) is 22.4 Å². The lowest BCUT2D eigenvalue weighted by Crippen LogP contribution is -2.46. The van der Waals surface area contributed by atoms with Gasteiger partial charge >= 0.3 is 0 Å². The van der Waals surface area contributed by atoms with Gasteiger partial charge in [0, 0.05) is 18.0 Å². The Kier molecular flexibility index (Phi) is 3.75. The van der Waals surface area contributed by atoms with Crippen molar-refractivity contribution in [2.24, 2.45) is 0 Å². The summed E-state index contributed by atoms with van der Waals surface area (Å²) in [7, 11) is -1.25. The first-order valence-electron chi connectivity index (χ1n) is 6.26. The van der Waals surface area contributed by atoms with E-state index < -0.39 is 15.3 Å². The molecule has 1 unspecified atom stereocenters. The number of carbonyl (C=O) groups is 1. The summed E-state index contributed by atoms with van der Waals surface area (Å²) in [5.41, 5.74) is -0.602. The molecule has 0 aliphatic carbocycles. The van der Waals surface area contributed by atoms with Crippen molar-refractivity contribution in [2.45, 2.75) is 31.7 Å². The molecule has 1 saturated heterocycles. The second-order valence-electron chi connectivity index (χ2n) is 5.58. The topological polar surface area (TPSA) is 54.5 Å². The average molecular weight is 301 g/mol. The van der Waals surface area contributed by atoms with Crippen LogP contribution in [0.15, 0.2) is 17.5 Å². The number of hydrogen-bond donors (Lipinski definition) is 0. The Balaban J connectivity index is 2.16. The van der Waals surface area contributed by atoms with E-state index in [0.717, 1.165) is 4.88 Å². The van der Waals surface area contributed by atoms with Gasteiger partial charge in [-0.15, -0.1) is 11.3 Å². The van der Waals surface area contributed by atoms with Crippen molar-refractivity contribution in [1.29, 1.82) is 0 Å². The lowest BCUT2D eigenvalue weighted by molar-refractivity contribution is -0.136. The number of sulfone groups is 1. The Morgan fingerprint density at radius 2 is 2.16 bits per heavy atom. The molecule has 1 fully saturated rings. The summed E-state index contributed by atoms with van der Waals surface area (Å²) in [5.74, 6) is 0.266. The Morgan fingerprint density at radius 1 is 1.47 bits per heavy atom. The first-order valence-corrected chi connectivity index (χ1v) is 8.96. The molecule has 0 aromatic carbocycles. The van der Waals surface area contributed by atoms with Crippen molar-refractivity contribution in [1.82, 2.24) is 4.90 Å². The number of carbonyl (C=O) groups excluding carboxylic acids is 1. The molecule has 0 N–H and O–H groups in total. The van der Waals surface area contributed by atoms with Crippen LogP contribution in [-0.2, 0) is 20.0 Å². The van der Waals surface area contributed by atoms with Gasteiger partial charge in [0.1, 0.15) is 0 Å². The molecule has 1 atom stereocenters. The van der Waals surface area contributed by atoms with E-state index in [0.29, 0.717) is 6.42 Å². The third-order valence-corrected chi connectivity index (χ3v) is 6.69. The highest BCUT2D eigenvalue weighted by Gasteiger charge is 2.39. The lowest BCUT2D eigenvalue weighted by atomic mass is 9.89. The molecule has 2 heterocycles. The van der Waals surface area contributed by atoms with E-state index in [4.69, 9.17) is 0 Å². The van der Waals surface area contributed by atoms with Crippen molar-refractivity contribution in [2.75, 3.05) is 18.6 Å². The number of thiophene rings is 1. The van der Waals surface area contributed by atoms with Crippen LogP contribution in [0.3, 0.4) is 0 Å². The quantitative estimate of drug-likeness (QED) is 0.853. The molecule has 19 heavy (non-hydrogen) atoms. The summed E-state index contributed by atoms with van der Waals surface area (Å²) in [6, 6.07) is 3.69. The maximum Gasteiger partial charge on any atom is 0.233 e. The van der Waals surface area contributed by atoms with Gasteiger partial charge in [0.2, 0.25) is 5.91 Å². The second-order valence-corrected chi connectivity index (χ2v) is 8.75. The lowest BCUT2D eigenvalue weighted by Gasteiger charge is -2.32. The zero-order chi connectivity index (χ0) is 14.3. The maximum absolute atomic E-state index is 12.6. The molecule has 106 valence electrons. The maximum atomic E-state index is 12.6. The van der Waals surface area contributed by atoms with Crippen LogP contribution in [0.5, 0.6) is 0 Å². The zero-order valence-corrected chi connectivity index (χ0v) is 13.1. The number of likely N-dealkylation sites (N-methyl/N-ethyl adjacent to an activating group) is 1. The molecule has 1 amide bonds. The second kappa shape index (κ2) is 4.90. The SMILES string of the molecule is CN(C(=O)C(C)(C)c1cccs1)C1CCS(=O)(=O)C1. The molecule has 1 aromatic rings. The van der Waals surface area contributed by atoms with Crippen molar-refractivity contribution in [3.63, 3.8) is 0 Å². The van der Waals surface area contributed by atoms with E-state index in [9.17, 15) is 13.2 Å². The highest BCUT2D eigenvalue weighted by atomic mass is 32.2. The first kappa shape index (κ1) is 14.5. The molecule has 0 bridgehead atoms. The normalized spacial score (nSPS) is 22.4. The molecule has 4 nitrogen and oxygen atoms in total.